The predicted octanol–water partition coefficient (Wildman–Crippen LogP) is 2.20. The molecule has 0 aromatic heterocycles. The first-order valence-corrected chi connectivity index (χ1v) is 6.15. The highest BCUT2D eigenvalue weighted by Crippen LogP contribution is 2.17. The molecule has 0 spiro atoms. The quantitative estimate of drug-likeness (QED) is 0.609. The van der Waals surface area contributed by atoms with Crippen molar-refractivity contribution in [2.45, 2.75) is 32.6 Å². The van der Waals surface area contributed by atoms with Gasteiger partial charge in [0.25, 0.3) is 5.69 Å². The van der Waals surface area contributed by atoms with Crippen LogP contribution in [0.25, 0.3) is 0 Å². The van der Waals surface area contributed by atoms with E-state index in [2.05, 4.69) is 18.7 Å². The smallest absolute Gasteiger partial charge is 0.269 e. The Morgan fingerprint density at radius 3 is 2.67 bits per heavy atom. The number of nitro groups is 1. The van der Waals surface area contributed by atoms with Crippen LogP contribution in [-0.2, 0) is 11.3 Å². The molecule has 1 fully saturated rings. The molecular formula is C13H18N2O3. The van der Waals surface area contributed by atoms with Gasteiger partial charge in [0.1, 0.15) is 0 Å². The first-order chi connectivity index (χ1) is 8.54. The van der Waals surface area contributed by atoms with Crippen LogP contribution in [0.2, 0.25) is 0 Å². The lowest BCUT2D eigenvalue weighted by atomic mass is 10.1. The van der Waals surface area contributed by atoms with E-state index in [0.29, 0.717) is 0 Å². The van der Waals surface area contributed by atoms with Gasteiger partial charge in [-0.25, -0.2) is 0 Å². The Balaban J connectivity index is 2.04. The van der Waals surface area contributed by atoms with E-state index < -0.39 is 0 Å². The summed E-state index contributed by atoms with van der Waals surface area (Å²) in [6.07, 6.45) is 0.430. The zero-order valence-electron chi connectivity index (χ0n) is 10.7. The van der Waals surface area contributed by atoms with Gasteiger partial charge in [0.2, 0.25) is 0 Å². The molecule has 2 rings (SSSR count). The third-order valence-electron chi connectivity index (χ3n) is 3.02. The third kappa shape index (κ3) is 3.27. The second-order valence-corrected chi connectivity index (χ2v) is 4.88. The minimum Gasteiger partial charge on any atom is -0.373 e. The van der Waals surface area contributed by atoms with Crippen LogP contribution in [0.4, 0.5) is 5.69 Å². The number of nitro benzene ring substituents is 1. The maximum atomic E-state index is 10.7. The summed E-state index contributed by atoms with van der Waals surface area (Å²) in [6, 6.07) is 6.83. The number of rotatable bonds is 3. The fourth-order valence-electron chi connectivity index (χ4n) is 2.44. The van der Waals surface area contributed by atoms with E-state index in [0.717, 1.165) is 25.2 Å². The van der Waals surface area contributed by atoms with E-state index in [1.165, 1.54) is 6.07 Å². The molecule has 1 aromatic rings. The molecule has 1 aliphatic rings. The van der Waals surface area contributed by atoms with Crippen LogP contribution in [0.3, 0.4) is 0 Å². The number of non-ortho nitro benzene ring substituents is 1. The fraction of sp³-hybridized carbons (Fsp3) is 0.538. The van der Waals surface area contributed by atoms with E-state index in [1.54, 1.807) is 12.1 Å². The lowest BCUT2D eigenvalue weighted by Gasteiger charge is -2.35. The second kappa shape index (κ2) is 5.46. The molecule has 1 saturated heterocycles. The van der Waals surface area contributed by atoms with Gasteiger partial charge < -0.3 is 4.74 Å². The summed E-state index contributed by atoms with van der Waals surface area (Å²) in [5.74, 6) is 0. The van der Waals surface area contributed by atoms with Crippen molar-refractivity contribution in [2.75, 3.05) is 13.1 Å². The van der Waals surface area contributed by atoms with Crippen LogP contribution in [0.5, 0.6) is 0 Å². The van der Waals surface area contributed by atoms with Crippen LogP contribution < -0.4 is 0 Å². The number of benzene rings is 1. The van der Waals surface area contributed by atoms with Gasteiger partial charge in [0.15, 0.2) is 0 Å². The van der Waals surface area contributed by atoms with Gasteiger partial charge in [-0.1, -0.05) is 12.1 Å². The van der Waals surface area contributed by atoms with Gasteiger partial charge in [-0.2, -0.15) is 0 Å². The Kier molecular flexibility index (Phi) is 3.93. The highest BCUT2D eigenvalue weighted by molar-refractivity contribution is 5.34. The molecule has 98 valence electrons. The van der Waals surface area contributed by atoms with Crippen LogP contribution in [0.1, 0.15) is 19.4 Å². The molecule has 0 bridgehead atoms. The van der Waals surface area contributed by atoms with Crippen molar-refractivity contribution in [1.82, 2.24) is 4.90 Å². The molecule has 0 saturated carbocycles. The lowest BCUT2D eigenvalue weighted by molar-refractivity contribution is -0.384. The molecular weight excluding hydrogens is 232 g/mol. The lowest BCUT2D eigenvalue weighted by Crippen LogP contribution is -2.44. The van der Waals surface area contributed by atoms with Gasteiger partial charge in [0, 0.05) is 31.8 Å². The predicted molar refractivity (Wildman–Crippen MR) is 68.4 cm³/mol. The molecule has 5 heteroatoms. The summed E-state index contributed by atoms with van der Waals surface area (Å²) < 4.78 is 5.67. The fourth-order valence-corrected chi connectivity index (χ4v) is 2.44. The molecule has 0 amide bonds. The summed E-state index contributed by atoms with van der Waals surface area (Å²) in [5.41, 5.74) is 1.13. The molecule has 2 atom stereocenters. The molecule has 0 aliphatic carbocycles. The van der Waals surface area contributed by atoms with E-state index in [1.807, 2.05) is 6.07 Å². The normalized spacial score (nSPS) is 25.0. The van der Waals surface area contributed by atoms with Crippen molar-refractivity contribution in [1.29, 1.82) is 0 Å². The largest absolute Gasteiger partial charge is 0.373 e. The second-order valence-electron chi connectivity index (χ2n) is 4.88. The van der Waals surface area contributed by atoms with Crippen molar-refractivity contribution in [2.24, 2.45) is 0 Å². The summed E-state index contributed by atoms with van der Waals surface area (Å²) in [6.45, 7) is 6.58. The van der Waals surface area contributed by atoms with Crippen LogP contribution in [0, 0.1) is 10.1 Å². The van der Waals surface area contributed by atoms with Gasteiger partial charge in [-0.15, -0.1) is 0 Å². The summed E-state index contributed by atoms with van der Waals surface area (Å²) in [5, 5.41) is 10.7. The molecule has 1 heterocycles. The summed E-state index contributed by atoms with van der Waals surface area (Å²) >= 11 is 0. The minimum atomic E-state index is -0.353. The molecule has 5 nitrogen and oxygen atoms in total. The zero-order valence-corrected chi connectivity index (χ0v) is 10.7. The van der Waals surface area contributed by atoms with E-state index in [-0.39, 0.29) is 22.8 Å². The van der Waals surface area contributed by atoms with Gasteiger partial charge in [0.05, 0.1) is 17.1 Å². The molecule has 1 aliphatic heterocycles. The molecule has 0 N–H and O–H groups in total. The van der Waals surface area contributed by atoms with Gasteiger partial charge in [-0.3, -0.25) is 15.0 Å². The number of ether oxygens (including phenoxy) is 1. The first-order valence-electron chi connectivity index (χ1n) is 6.15. The van der Waals surface area contributed by atoms with Crippen LogP contribution in [0.15, 0.2) is 24.3 Å². The Morgan fingerprint density at radius 2 is 2.06 bits per heavy atom. The van der Waals surface area contributed by atoms with E-state index >= 15 is 0 Å². The van der Waals surface area contributed by atoms with Crippen molar-refractivity contribution >= 4 is 5.69 Å². The monoisotopic (exact) mass is 250 g/mol. The van der Waals surface area contributed by atoms with Crippen LogP contribution in [-0.4, -0.2) is 35.1 Å². The maximum Gasteiger partial charge on any atom is 0.269 e. The van der Waals surface area contributed by atoms with Gasteiger partial charge in [-0.05, 0) is 19.4 Å². The zero-order chi connectivity index (χ0) is 13.1. The Morgan fingerprint density at radius 1 is 1.39 bits per heavy atom. The van der Waals surface area contributed by atoms with Crippen molar-refractivity contribution in [3.05, 3.63) is 39.9 Å². The minimum absolute atomic E-state index is 0.154. The van der Waals surface area contributed by atoms with Crippen LogP contribution >= 0.6 is 0 Å². The van der Waals surface area contributed by atoms with Gasteiger partial charge >= 0.3 is 0 Å². The van der Waals surface area contributed by atoms with Crippen molar-refractivity contribution in [3.63, 3.8) is 0 Å². The SMILES string of the molecule is C[C@@H]1CN(Cc2cccc([N+](=O)[O-])c2)C[C@@H](C)O1. The highest BCUT2D eigenvalue weighted by Gasteiger charge is 2.22. The molecule has 0 radical (unpaired) electrons. The van der Waals surface area contributed by atoms with E-state index in [4.69, 9.17) is 4.74 Å². The standard InChI is InChI=1S/C13H18N2O3/c1-10-7-14(8-11(2)18-10)9-12-4-3-5-13(6-12)15(16)17/h3-6,10-11H,7-9H2,1-2H3/t10-,11-/m1/s1. The summed E-state index contributed by atoms with van der Waals surface area (Å²) in [4.78, 5) is 12.6. The number of morpholine rings is 1. The topological polar surface area (TPSA) is 55.6 Å². The average Bonchev–Trinajstić information content (AvgIpc) is 2.27. The third-order valence-corrected chi connectivity index (χ3v) is 3.02. The highest BCUT2D eigenvalue weighted by atomic mass is 16.6. The van der Waals surface area contributed by atoms with Crippen molar-refractivity contribution in [3.8, 4) is 0 Å². The Hall–Kier alpha value is -1.46. The van der Waals surface area contributed by atoms with Crippen molar-refractivity contribution < 1.29 is 9.66 Å². The van der Waals surface area contributed by atoms with E-state index in [9.17, 15) is 10.1 Å². The molecule has 1 aromatic carbocycles. The molecule has 0 unspecified atom stereocenters. The number of nitrogens with zero attached hydrogens (tertiary/aromatic N) is 2. The number of hydrogen-bond donors (Lipinski definition) is 0. The average molecular weight is 250 g/mol. The molecule has 18 heavy (non-hydrogen) atoms. The number of hydrogen-bond acceptors (Lipinski definition) is 4. The first kappa shape index (κ1) is 13.0. The summed E-state index contributed by atoms with van der Waals surface area (Å²) in [7, 11) is 0. The maximum absolute atomic E-state index is 10.7. The Labute approximate surface area is 107 Å². The Bertz CT molecular complexity index is 426.